The summed E-state index contributed by atoms with van der Waals surface area (Å²) >= 11 is 3.71. The number of amidine groups is 1. The summed E-state index contributed by atoms with van der Waals surface area (Å²) in [5, 5.41) is 5.13. The highest BCUT2D eigenvalue weighted by Gasteiger charge is 2.14. The van der Waals surface area contributed by atoms with Crippen LogP contribution in [0, 0.1) is 13.8 Å². The molecule has 1 aromatic heterocycles. The Bertz CT molecular complexity index is 362. The van der Waals surface area contributed by atoms with Crippen LogP contribution in [-0.2, 0) is 6.54 Å². The Kier molecular flexibility index (Phi) is 3.36. The third kappa shape index (κ3) is 2.75. The van der Waals surface area contributed by atoms with E-state index >= 15 is 0 Å². The lowest BCUT2D eigenvalue weighted by Gasteiger charge is -2.03. The van der Waals surface area contributed by atoms with Gasteiger partial charge in [-0.2, -0.15) is 0 Å². The van der Waals surface area contributed by atoms with Crippen molar-refractivity contribution in [3.8, 4) is 0 Å². The maximum atomic E-state index is 4.43. The minimum atomic E-state index is 0.638. The predicted octanol–water partition coefficient (Wildman–Crippen LogP) is 2.95. The first-order valence-electron chi connectivity index (χ1n) is 5.16. The van der Waals surface area contributed by atoms with Crippen LogP contribution in [0.2, 0.25) is 0 Å². The smallest absolute Gasteiger partial charge is 0.157 e. The molecule has 2 rings (SSSR count). The first kappa shape index (κ1) is 11.0. The summed E-state index contributed by atoms with van der Waals surface area (Å²) in [7, 11) is 0. The number of rotatable bonds is 2. The molecule has 0 spiro atoms. The summed E-state index contributed by atoms with van der Waals surface area (Å²) in [4.78, 5) is 7.25. The number of hydrogen-bond donors (Lipinski definition) is 1. The molecule has 15 heavy (non-hydrogen) atoms. The molecule has 1 aliphatic rings. The standard InChI is InChI=1S/C11H16N2S2/c1-7-4-10(15-9(7)3)6-13-11-12-5-8(2)14-11/h4,8H,5-6H2,1-3H3,(H,12,13). The molecule has 0 aromatic carbocycles. The van der Waals surface area contributed by atoms with Gasteiger partial charge < -0.3 is 5.32 Å². The van der Waals surface area contributed by atoms with E-state index in [0.29, 0.717) is 5.25 Å². The Morgan fingerprint density at radius 1 is 1.53 bits per heavy atom. The lowest BCUT2D eigenvalue weighted by Crippen LogP contribution is -2.17. The highest BCUT2D eigenvalue weighted by Crippen LogP contribution is 2.22. The first-order valence-corrected chi connectivity index (χ1v) is 6.85. The molecule has 1 N–H and O–H groups in total. The molecule has 0 saturated carbocycles. The van der Waals surface area contributed by atoms with Gasteiger partial charge in [0.05, 0.1) is 13.1 Å². The van der Waals surface area contributed by atoms with Crippen molar-refractivity contribution in [2.24, 2.45) is 4.99 Å². The van der Waals surface area contributed by atoms with Crippen molar-refractivity contribution in [2.45, 2.75) is 32.6 Å². The van der Waals surface area contributed by atoms with Crippen molar-refractivity contribution < 1.29 is 0 Å². The SMILES string of the molecule is Cc1cc(CNC2=NCC(C)S2)sc1C. The Labute approximate surface area is 99.2 Å². The van der Waals surface area contributed by atoms with Gasteiger partial charge in [0.15, 0.2) is 5.17 Å². The van der Waals surface area contributed by atoms with Gasteiger partial charge in [0, 0.05) is 15.0 Å². The third-order valence-corrected chi connectivity index (χ3v) is 4.64. The second-order valence-electron chi connectivity index (χ2n) is 3.88. The number of aliphatic imine (C=N–C) groups is 1. The van der Waals surface area contributed by atoms with E-state index in [4.69, 9.17) is 0 Å². The van der Waals surface area contributed by atoms with Crippen molar-refractivity contribution in [3.63, 3.8) is 0 Å². The summed E-state index contributed by atoms with van der Waals surface area (Å²) in [5.41, 5.74) is 1.39. The predicted molar refractivity (Wildman–Crippen MR) is 70.0 cm³/mol. The van der Waals surface area contributed by atoms with E-state index in [-0.39, 0.29) is 0 Å². The molecule has 0 saturated heterocycles. The highest BCUT2D eigenvalue weighted by atomic mass is 32.2. The van der Waals surface area contributed by atoms with E-state index in [1.165, 1.54) is 15.3 Å². The average Bonchev–Trinajstić information content (AvgIpc) is 2.72. The van der Waals surface area contributed by atoms with Gasteiger partial charge in [-0.05, 0) is 25.5 Å². The Hall–Kier alpha value is -0.480. The van der Waals surface area contributed by atoms with Crippen molar-refractivity contribution in [1.82, 2.24) is 5.32 Å². The van der Waals surface area contributed by atoms with Gasteiger partial charge in [-0.1, -0.05) is 18.7 Å². The van der Waals surface area contributed by atoms with Crippen molar-refractivity contribution >= 4 is 28.3 Å². The minimum Gasteiger partial charge on any atom is -0.360 e. The van der Waals surface area contributed by atoms with Crippen LogP contribution < -0.4 is 5.32 Å². The van der Waals surface area contributed by atoms with E-state index in [1.54, 1.807) is 0 Å². The number of nitrogens with zero attached hydrogens (tertiary/aromatic N) is 1. The number of thioether (sulfide) groups is 1. The molecular formula is C11H16N2S2. The highest BCUT2D eigenvalue weighted by molar-refractivity contribution is 8.14. The second-order valence-corrected chi connectivity index (χ2v) is 6.65. The van der Waals surface area contributed by atoms with Crippen LogP contribution in [0.1, 0.15) is 22.2 Å². The van der Waals surface area contributed by atoms with Crippen LogP contribution in [-0.4, -0.2) is 17.0 Å². The number of hydrogen-bond acceptors (Lipinski definition) is 4. The van der Waals surface area contributed by atoms with E-state index in [0.717, 1.165) is 18.3 Å². The van der Waals surface area contributed by atoms with Gasteiger partial charge in [0.2, 0.25) is 0 Å². The fourth-order valence-corrected chi connectivity index (χ4v) is 3.30. The molecule has 0 aliphatic carbocycles. The van der Waals surface area contributed by atoms with Crippen molar-refractivity contribution in [1.29, 1.82) is 0 Å². The van der Waals surface area contributed by atoms with Crippen LogP contribution in [0.25, 0.3) is 0 Å². The van der Waals surface area contributed by atoms with E-state index in [1.807, 2.05) is 23.1 Å². The monoisotopic (exact) mass is 240 g/mol. The molecule has 1 aromatic rings. The first-order chi connectivity index (χ1) is 7.15. The molecule has 1 unspecified atom stereocenters. The van der Waals surface area contributed by atoms with Crippen LogP contribution in [0.5, 0.6) is 0 Å². The zero-order valence-corrected chi connectivity index (χ0v) is 11.0. The van der Waals surface area contributed by atoms with Crippen LogP contribution in [0.3, 0.4) is 0 Å². The number of thiophene rings is 1. The van der Waals surface area contributed by atoms with E-state index in [9.17, 15) is 0 Å². The summed E-state index contributed by atoms with van der Waals surface area (Å²) in [6.07, 6.45) is 0. The van der Waals surface area contributed by atoms with Crippen LogP contribution in [0.15, 0.2) is 11.1 Å². The van der Waals surface area contributed by atoms with Gasteiger partial charge in [-0.3, -0.25) is 4.99 Å². The van der Waals surface area contributed by atoms with Gasteiger partial charge in [0.25, 0.3) is 0 Å². The molecule has 0 radical (unpaired) electrons. The van der Waals surface area contributed by atoms with Gasteiger partial charge in [-0.15, -0.1) is 11.3 Å². The van der Waals surface area contributed by atoms with Crippen molar-refractivity contribution in [3.05, 3.63) is 21.4 Å². The largest absolute Gasteiger partial charge is 0.360 e. The Balaban J connectivity index is 1.88. The van der Waals surface area contributed by atoms with Crippen LogP contribution in [0.4, 0.5) is 0 Å². The maximum Gasteiger partial charge on any atom is 0.157 e. The molecule has 4 heteroatoms. The lowest BCUT2D eigenvalue weighted by atomic mass is 10.3. The maximum absolute atomic E-state index is 4.43. The Morgan fingerprint density at radius 3 is 2.87 bits per heavy atom. The molecule has 1 aliphatic heterocycles. The molecule has 82 valence electrons. The topological polar surface area (TPSA) is 24.4 Å². The zero-order valence-electron chi connectivity index (χ0n) is 9.33. The van der Waals surface area contributed by atoms with Gasteiger partial charge in [0.1, 0.15) is 0 Å². The Morgan fingerprint density at radius 2 is 2.33 bits per heavy atom. The van der Waals surface area contributed by atoms with E-state index < -0.39 is 0 Å². The molecule has 2 heterocycles. The summed E-state index contributed by atoms with van der Waals surface area (Å²) in [6.45, 7) is 8.42. The second kappa shape index (κ2) is 4.58. The number of aryl methyl sites for hydroxylation is 2. The fourth-order valence-electron chi connectivity index (χ4n) is 1.47. The summed E-state index contributed by atoms with van der Waals surface area (Å²) in [5.74, 6) is 0. The van der Waals surface area contributed by atoms with E-state index in [2.05, 4.69) is 37.1 Å². The van der Waals surface area contributed by atoms with Crippen LogP contribution >= 0.6 is 23.1 Å². The zero-order chi connectivity index (χ0) is 10.8. The quantitative estimate of drug-likeness (QED) is 0.859. The molecule has 1 atom stereocenters. The van der Waals surface area contributed by atoms with Crippen molar-refractivity contribution in [2.75, 3.05) is 6.54 Å². The molecule has 0 amide bonds. The molecule has 2 nitrogen and oxygen atoms in total. The summed E-state index contributed by atoms with van der Waals surface area (Å²) in [6, 6.07) is 2.26. The fraction of sp³-hybridized carbons (Fsp3) is 0.545. The third-order valence-electron chi connectivity index (χ3n) is 2.44. The minimum absolute atomic E-state index is 0.638. The normalized spacial score (nSPS) is 20.5. The molecule has 0 bridgehead atoms. The average molecular weight is 240 g/mol. The number of nitrogens with one attached hydrogen (secondary N) is 1. The van der Waals surface area contributed by atoms with Gasteiger partial charge in [-0.25, -0.2) is 0 Å². The summed E-state index contributed by atoms with van der Waals surface area (Å²) < 4.78 is 0. The lowest BCUT2D eigenvalue weighted by molar-refractivity contribution is 0.927. The van der Waals surface area contributed by atoms with Gasteiger partial charge >= 0.3 is 0 Å². The molecule has 0 fully saturated rings. The molecular weight excluding hydrogens is 224 g/mol.